The Kier molecular flexibility index (Phi) is 4.93. The summed E-state index contributed by atoms with van der Waals surface area (Å²) in [4.78, 5) is 2.33. The number of rotatable bonds is 5. The van der Waals surface area contributed by atoms with Gasteiger partial charge in [0.15, 0.2) is 0 Å². The SMILES string of the molecule is CCCC1CCC(CN)(C(C)(O)c2ccc(C)s2)CC1. The number of aryl methyl sites for hydroxylation is 1. The zero-order valence-electron chi connectivity index (χ0n) is 13.1. The van der Waals surface area contributed by atoms with Gasteiger partial charge in [0, 0.05) is 21.7 Å². The minimum absolute atomic E-state index is 0.144. The lowest BCUT2D eigenvalue weighted by Crippen LogP contribution is -2.50. The Bertz CT molecular complexity index is 430. The van der Waals surface area contributed by atoms with Gasteiger partial charge in [-0.1, -0.05) is 19.8 Å². The minimum Gasteiger partial charge on any atom is -0.384 e. The standard InChI is InChI=1S/C17H29NOS/c1-4-5-14-8-10-17(12-18,11-9-14)16(3,19)15-7-6-13(2)20-15/h6-7,14,19H,4-5,8-12,18H2,1-3H3. The average Bonchev–Trinajstić information content (AvgIpc) is 2.87. The van der Waals surface area contributed by atoms with Crippen molar-refractivity contribution in [3.63, 3.8) is 0 Å². The maximum atomic E-state index is 11.2. The fraction of sp³-hybridized carbons (Fsp3) is 0.765. The largest absolute Gasteiger partial charge is 0.384 e. The smallest absolute Gasteiger partial charge is 0.103 e. The van der Waals surface area contributed by atoms with Gasteiger partial charge in [0.2, 0.25) is 0 Å². The third-order valence-electron chi connectivity index (χ3n) is 5.40. The van der Waals surface area contributed by atoms with Gasteiger partial charge in [-0.25, -0.2) is 0 Å². The summed E-state index contributed by atoms with van der Waals surface area (Å²) in [5, 5.41) is 11.2. The van der Waals surface area contributed by atoms with Crippen molar-refractivity contribution in [1.29, 1.82) is 0 Å². The lowest BCUT2D eigenvalue weighted by Gasteiger charge is -2.48. The van der Waals surface area contributed by atoms with Crippen LogP contribution in [0.4, 0.5) is 0 Å². The first-order valence-corrected chi connectivity index (χ1v) is 8.76. The van der Waals surface area contributed by atoms with Crippen LogP contribution in [-0.2, 0) is 5.60 Å². The van der Waals surface area contributed by atoms with Crippen molar-refractivity contribution in [2.75, 3.05) is 6.54 Å². The van der Waals surface area contributed by atoms with Gasteiger partial charge < -0.3 is 10.8 Å². The number of hydrogen-bond donors (Lipinski definition) is 2. The van der Waals surface area contributed by atoms with Crippen LogP contribution in [0.5, 0.6) is 0 Å². The van der Waals surface area contributed by atoms with E-state index in [1.54, 1.807) is 11.3 Å². The molecule has 3 heteroatoms. The van der Waals surface area contributed by atoms with E-state index < -0.39 is 5.60 Å². The topological polar surface area (TPSA) is 46.2 Å². The fourth-order valence-corrected chi connectivity index (χ4v) is 4.81. The summed E-state index contributed by atoms with van der Waals surface area (Å²) in [5.74, 6) is 0.834. The van der Waals surface area contributed by atoms with Gasteiger partial charge >= 0.3 is 0 Å². The van der Waals surface area contributed by atoms with E-state index in [4.69, 9.17) is 5.73 Å². The molecular weight excluding hydrogens is 266 g/mol. The average molecular weight is 295 g/mol. The first-order chi connectivity index (χ1) is 9.45. The molecule has 114 valence electrons. The summed E-state index contributed by atoms with van der Waals surface area (Å²) in [6.45, 7) is 6.91. The lowest BCUT2D eigenvalue weighted by atomic mass is 9.61. The van der Waals surface area contributed by atoms with Gasteiger partial charge in [-0.05, 0) is 57.6 Å². The van der Waals surface area contributed by atoms with Crippen molar-refractivity contribution in [3.8, 4) is 0 Å². The predicted molar refractivity (Wildman–Crippen MR) is 87.0 cm³/mol. The monoisotopic (exact) mass is 295 g/mol. The lowest BCUT2D eigenvalue weighted by molar-refractivity contribution is -0.0958. The van der Waals surface area contributed by atoms with Crippen LogP contribution >= 0.6 is 11.3 Å². The minimum atomic E-state index is -0.794. The molecule has 1 unspecified atom stereocenters. The van der Waals surface area contributed by atoms with Crippen LogP contribution in [0.25, 0.3) is 0 Å². The van der Waals surface area contributed by atoms with Gasteiger partial charge in [-0.2, -0.15) is 0 Å². The molecule has 0 spiro atoms. The summed E-state index contributed by atoms with van der Waals surface area (Å²) in [6.07, 6.45) is 7.12. The fourth-order valence-electron chi connectivity index (χ4n) is 3.77. The third kappa shape index (κ3) is 2.81. The Balaban J connectivity index is 2.19. The Morgan fingerprint density at radius 1 is 1.40 bits per heavy atom. The first kappa shape index (κ1) is 16.0. The molecule has 2 rings (SSSR count). The van der Waals surface area contributed by atoms with Gasteiger partial charge in [-0.3, -0.25) is 0 Å². The Labute approximate surface area is 127 Å². The zero-order chi connectivity index (χ0) is 14.8. The van der Waals surface area contributed by atoms with Crippen LogP contribution in [-0.4, -0.2) is 11.7 Å². The van der Waals surface area contributed by atoms with E-state index in [0.717, 1.165) is 23.6 Å². The summed E-state index contributed by atoms with van der Waals surface area (Å²) < 4.78 is 0. The molecule has 1 saturated carbocycles. The van der Waals surface area contributed by atoms with Crippen LogP contribution in [0, 0.1) is 18.3 Å². The van der Waals surface area contributed by atoms with Gasteiger partial charge in [0.25, 0.3) is 0 Å². The Hall–Kier alpha value is -0.380. The molecule has 1 aliphatic carbocycles. The third-order valence-corrected chi connectivity index (χ3v) is 6.61. The van der Waals surface area contributed by atoms with Crippen molar-refractivity contribution in [3.05, 3.63) is 21.9 Å². The van der Waals surface area contributed by atoms with E-state index >= 15 is 0 Å². The Morgan fingerprint density at radius 3 is 2.50 bits per heavy atom. The van der Waals surface area contributed by atoms with E-state index in [1.807, 2.05) is 6.92 Å². The van der Waals surface area contributed by atoms with Gasteiger partial charge in [-0.15, -0.1) is 11.3 Å². The number of thiophene rings is 1. The molecular formula is C17H29NOS. The van der Waals surface area contributed by atoms with Crippen molar-refractivity contribution in [2.45, 2.75) is 64.9 Å². The van der Waals surface area contributed by atoms with E-state index in [1.165, 1.54) is 30.6 Å². The van der Waals surface area contributed by atoms with Gasteiger partial charge in [0.05, 0.1) is 0 Å². The second-order valence-corrected chi connectivity index (χ2v) is 7.99. The van der Waals surface area contributed by atoms with Crippen LogP contribution in [0.2, 0.25) is 0 Å². The summed E-state index contributed by atoms with van der Waals surface area (Å²) >= 11 is 1.71. The van der Waals surface area contributed by atoms with E-state index in [0.29, 0.717) is 6.54 Å². The van der Waals surface area contributed by atoms with Crippen molar-refractivity contribution < 1.29 is 5.11 Å². The summed E-state index contributed by atoms with van der Waals surface area (Å²) in [6, 6.07) is 4.18. The number of aliphatic hydroxyl groups is 1. The second-order valence-electron chi connectivity index (χ2n) is 6.70. The normalized spacial score (nSPS) is 30.1. The number of nitrogens with two attached hydrogens (primary N) is 1. The van der Waals surface area contributed by atoms with Gasteiger partial charge in [0.1, 0.15) is 5.60 Å². The van der Waals surface area contributed by atoms with E-state index in [9.17, 15) is 5.11 Å². The van der Waals surface area contributed by atoms with Crippen LogP contribution in [0.15, 0.2) is 12.1 Å². The molecule has 1 fully saturated rings. The molecule has 1 aromatic heterocycles. The molecule has 2 nitrogen and oxygen atoms in total. The van der Waals surface area contributed by atoms with Crippen LogP contribution in [0.1, 0.15) is 62.1 Å². The highest BCUT2D eigenvalue weighted by molar-refractivity contribution is 7.12. The second kappa shape index (κ2) is 6.17. The van der Waals surface area contributed by atoms with E-state index in [-0.39, 0.29) is 5.41 Å². The zero-order valence-corrected chi connectivity index (χ0v) is 13.9. The molecule has 0 aromatic carbocycles. The highest BCUT2D eigenvalue weighted by Crippen LogP contribution is 2.52. The van der Waals surface area contributed by atoms with Crippen molar-refractivity contribution in [1.82, 2.24) is 0 Å². The van der Waals surface area contributed by atoms with Crippen LogP contribution < -0.4 is 5.73 Å². The maximum absolute atomic E-state index is 11.2. The molecule has 0 amide bonds. The molecule has 20 heavy (non-hydrogen) atoms. The molecule has 1 atom stereocenters. The van der Waals surface area contributed by atoms with Crippen LogP contribution in [0.3, 0.4) is 0 Å². The predicted octanol–water partition coefficient (Wildman–Crippen LogP) is 4.20. The molecule has 1 heterocycles. The number of hydrogen-bond acceptors (Lipinski definition) is 3. The molecule has 3 N–H and O–H groups in total. The highest BCUT2D eigenvalue weighted by Gasteiger charge is 2.49. The molecule has 0 saturated heterocycles. The summed E-state index contributed by atoms with van der Waals surface area (Å²) in [5.41, 5.74) is 5.19. The Morgan fingerprint density at radius 2 is 2.05 bits per heavy atom. The van der Waals surface area contributed by atoms with E-state index in [2.05, 4.69) is 26.0 Å². The molecule has 1 aliphatic rings. The van der Waals surface area contributed by atoms with Crippen molar-refractivity contribution >= 4 is 11.3 Å². The van der Waals surface area contributed by atoms with Crippen molar-refractivity contribution in [2.24, 2.45) is 17.1 Å². The first-order valence-electron chi connectivity index (χ1n) is 7.94. The molecule has 0 radical (unpaired) electrons. The molecule has 0 bridgehead atoms. The molecule has 0 aliphatic heterocycles. The maximum Gasteiger partial charge on any atom is 0.103 e. The molecule has 1 aromatic rings. The quantitative estimate of drug-likeness (QED) is 0.855. The summed E-state index contributed by atoms with van der Waals surface area (Å²) in [7, 11) is 0. The highest BCUT2D eigenvalue weighted by atomic mass is 32.1.